The standard InChI is InChI=1S/C21H14N2/c1-2-8-16(9-3-1)18-11-5-4-10-17(18)14-15-21-19-12-6-7-13-20(19)22-23-21/h1-13H,(H,22,23). The number of nitrogens with one attached hydrogen (secondary N) is 1. The third kappa shape index (κ3) is 2.61. The number of hydrogen-bond acceptors (Lipinski definition) is 1. The fraction of sp³-hybridized carbons (Fsp3) is 0. The third-order valence-corrected chi connectivity index (χ3v) is 3.80. The van der Waals surface area contributed by atoms with E-state index in [1.807, 2.05) is 60.7 Å². The van der Waals surface area contributed by atoms with Gasteiger partial charge in [-0.05, 0) is 35.2 Å². The molecule has 4 aromatic rings. The quantitative estimate of drug-likeness (QED) is 0.509. The monoisotopic (exact) mass is 294 g/mol. The highest BCUT2D eigenvalue weighted by Gasteiger charge is 2.03. The summed E-state index contributed by atoms with van der Waals surface area (Å²) in [5, 5.41) is 8.36. The summed E-state index contributed by atoms with van der Waals surface area (Å²) in [5.74, 6) is 6.51. The Bertz CT molecular complexity index is 1020. The van der Waals surface area contributed by atoms with E-state index in [-0.39, 0.29) is 0 Å². The van der Waals surface area contributed by atoms with E-state index in [9.17, 15) is 0 Å². The van der Waals surface area contributed by atoms with Gasteiger partial charge in [-0.2, -0.15) is 5.10 Å². The van der Waals surface area contributed by atoms with Crippen LogP contribution in [0.5, 0.6) is 0 Å². The lowest BCUT2D eigenvalue weighted by Gasteiger charge is -2.03. The van der Waals surface area contributed by atoms with Crippen molar-refractivity contribution >= 4 is 10.9 Å². The van der Waals surface area contributed by atoms with Crippen LogP contribution < -0.4 is 0 Å². The van der Waals surface area contributed by atoms with Crippen molar-refractivity contribution < 1.29 is 0 Å². The Morgan fingerprint density at radius 1 is 0.696 bits per heavy atom. The van der Waals surface area contributed by atoms with Crippen LogP contribution in [-0.2, 0) is 0 Å². The number of aromatic amines is 1. The molecule has 0 atom stereocenters. The zero-order valence-corrected chi connectivity index (χ0v) is 12.5. The molecule has 3 aromatic carbocycles. The molecule has 0 aliphatic carbocycles. The summed E-state index contributed by atoms with van der Waals surface area (Å²) in [6, 6.07) is 26.5. The molecule has 0 amide bonds. The molecule has 0 fully saturated rings. The largest absolute Gasteiger partial charge is 0.269 e. The summed E-state index contributed by atoms with van der Waals surface area (Å²) < 4.78 is 0. The minimum atomic E-state index is 0.850. The van der Waals surface area contributed by atoms with Gasteiger partial charge in [-0.3, -0.25) is 5.10 Å². The third-order valence-electron chi connectivity index (χ3n) is 3.80. The summed E-state index contributed by atoms with van der Waals surface area (Å²) in [7, 11) is 0. The Morgan fingerprint density at radius 2 is 1.43 bits per heavy atom. The first kappa shape index (κ1) is 13.4. The van der Waals surface area contributed by atoms with Crippen molar-refractivity contribution in [2.75, 3.05) is 0 Å². The Hall–Kier alpha value is -3.31. The molecule has 1 heterocycles. The van der Waals surface area contributed by atoms with Crippen LogP contribution in [0.4, 0.5) is 0 Å². The average molecular weight is 294 g/mol. The van der Waals surface area contributed by atoms with Crippen molar-refractivity contribution in [3.8, 4) is 23.0 Å². The van der Waals surface area contributed by atoms with Crippen molar-refractivity contribution in [3.05, 3.63) is 90.1 Å². The van der Waals surface area contributed by atoms with E-state index in [1.165, 1.54) is 5.56 Å². The van der Waals surface area contributed by atoms with Gasteiger partial charge < -0.3 is 0 Å². The zero-order chi connectivity index (χ0) is 15.5. The average Bonchev–Trinajstić information content (AvgIpc) is 3.04. The topological polar surface area (TPSA) is 28.7 Å². The smallest absolute Gasteiger partial charge is 0.116 e. The van der Waals surface area contributed by atoms with Crippen LogP contribution in [0, 0.1) is 11.8 Å². The Balaban J connectivity index is 1.79. The van der Waals surface area contributed by atoms with Gasteiger partial charge in [-0.25, -0.2) is 0 Å². The lowest BCUT2D eigenvalue weighted by atomic mass is 10.00. The fourth-order valence-corrected chi connectivity index (χ4v) is 2.65. The highest BCUT2D eigenvalue weighted by atomic mass is 15.1. The molecule has 0 spiro atoms. The van der Waals surface area contributed by atoms with Crippen molar-refractivity contribution in [2.24, 2.45) is 0 Å². The summed E-state index contributed by atoms with van der Waals surface area (Å²) in [6.45, 7) is 0. The number of hydrogen-bond donors (Lipinski definition) is 1. The van der Waals surface area contributed by atoms with Gasteiger partial charge in [-0.1, -0.05) is 66.6 Å². The maximum Gasteiger partial charge on any atom is 0.116 e. The normalized spacial score (nSPS) is 10.3. The second-order valence-electron chi connectivity index (χ2n) is 5.28. The van der Waals surface area contributed by atoms with Gasteiger partial charge in [0.1, 0.15) is 5.69 Å². The van der Waals surface area contributed by atoms with Gasteiger partial charge in [0.25, 0.3) is 0 Å². The molecule has 0 saturated carbocycles. The van der Waals surface area contributed by atoms with Crippen molar-refractivity contribution in [1.82, 2.24) is 10.2 Å². The molecule has 0 aliphatic rings. The first-order valence-electron chi connectivity index (χ1n) is 7.51. The van der Waals surface area contributed by atoms with E-state index in [2.05, 4.69) is 40.2 Å². The predicted octanol–water partition coefficient (Wildman–Crippen LogP) is 4.63. The van der Waals surface area contributed by atoms with Crippen molar-refractivity contribution in [2.45, 2.75) is 0 Å². The molecule has 1 N–H and O–H groups in total. The van der Waals surface area contributed by atoms with Crippen LogP contribution in [0.3, 0.4) is 0 Å². The molecule has 1 aromatic heterocycles. The zero-order valence-electron chi connectivity index (χ0n) is 12.5. The molecule has 0 radical (unpaired) electrons. The lowest BCUT2D eigenvalue weighted by molar-refractivity contribution is 1.10. The first-order chi connectivity index (χ1) is 11.4. The van der Waals surface area contributed by atoms with E-state index < -0.39 is 0 Å². The molecule has 2 heteroatoms. The predicted molar refractivity (Wildman–Crippen MR) is 94.0 cm³/mol. The highest BCUT2D eigenvalue weighted by molar-refractivity contribution is 5.84. The second kappa shape index (κ2) is 5.82. The Kier molecular flexibility index (Phi) is 3.38. The number of aromatic nitrogens is 2. The molecular weight excluding hydrogens is 280 g/mol. The lowest BCUT2D eigenvalue weighted by Crippen LogP contribution is -1.84. The molecule has 108 valence electrons. The number of benzene rings is 3. The van der Waals surface area contributed by atoms with Crippen LogP contribution in [0.2, 0.25) is 0 Å². The van der Waals surface area contributed by atoms with Crippen LogP contribution in [0.1, 0.15) is 11.3 Å². The summed E-state index contributed by atoms with van der Waals surface area (Å²) >= 11 is 0. The van der Waals surface area contributed by atoms with E-state index in [0.29, 0.717) is 0 Å². The minimum Gasteiger partial charge on any atom is -0.269 e. The second-order valence-corrected chi connectivity index (χ2v) is 5.28. The Labute approximate surface area is 134 Å². The van der Waals surface area contributed by atoms with Gasteiger partial charge in [0.2, 0.25) is 0 Å². The highest BCUT2D eigenvalue weighted by Crippen LogP contribution is 2.23. The van der Waals surface area contributed by atoms with E-state index in [0.717, 1.165) is 27.7 Å². The number of rotatable bonds is 1. The van der Waals surface area contributed by atoms with Crippen LogP contribution in [0.15, 0.2) is 78.9 Å². The summed E-state index contributed by atoms with van der Waals surface area (Å²) in [4.78, 5) is 0. The SMILES string of the molecule is C(#Cc1[nH]nc2ccccc12)c1ccccc1-c1ccccc1. The number of para-hydroxylation sites is 1. The Morgan fingerprint density at radius 3 is 2.35 bits per heavy atom. The minimum absolute atomic E-state index is 0.850. The number of H-pyrrole nitrogens is 1. The number of fused-ring (bicyclic) bond motifs is 1. The first-order valence-corrected chi connectivity index (χ1v) is 7.51. The van der Waals surface area contributed by atoms with Crippen LogP contribution in [0.25, 0.3) is 22.0 Å². The van der Waals surface area contributed by atoms with E-state index >= 15 is 0 Å². The molecule has 4 rings (SSSR count). The van der Waals surface area contributed by atoms with E-state index in [1.54, 1.807) is 0 Å². The van der Waals surface area contributed by atoms with Gasteiger partial charge in [-0.15, -0.1) is 0 Å². The van der Waals surface area contributed by atoms with Crippen molar-refractivity contribution in [1.29, 1.82) is 0 Å². The molecule has 2 nitrogen and oxygen atoms in total. The maximum atomic E-state index is 4.28. The van der Waals surface area contributed by atoms with Gasteiger partial charge in [0.15, 0.2) is 0 Å². The van der Waals surface area contributed by atoms with Gasteiger partial charge in [0.05, 0.1) is 5.52 Å². The van der Waals surface area contributed by atoms with Crippen LogP contribution >= 0.6 is 0 Å². The molecule has 0 saturated heterocycles. The van der Waals surface area contributed by atoms with Gasteiger partial charge in [0, 0.05) is 10.9 Å². The summed E-state index contributed by atoms with van der Waals surface area (Å²) in [6.07, 6.45) is 0. The van der Waals surface area contributed by atoms with Crippen LogP contribution in [-0.4, -0.2) is 10.2 Å². The number of nitrogens with zero attached hydrogens (tertiary/aromatic N) is 1. The molecule has 0 aliphatic heterocycles. The van der Waals surface area contributed by atoms with Crippen molar-refractivity contribution in [3.63, 3.8) is 0 Å². The summed E-state index contributed by atoms with van der Waals surface area (Å²) in [5.41, 5.74) is 5.12. The molecule has 0 unspecified atom stereocenters. The maximum absolute atomic E-state index is 4.28. The van der Waals surface area contributed by atoms with E-state index in [4.69, 9.17) is 0 Å². The van der Waals surface area contributed by atoms with Gasteiger partial charge >= 0.3 is 0 Å². The fourth-order valence-electron chi connectivity index (χ4n) is 2.65. The molecule has 0 bridgehead atoms. The molecular formula is C21H14N2. The molecule has 23 heavy (non-hydrogen) atoms.